The monoisotopic (exact) mass is 336 g/mol. The summed E-state index contributed by atoms with van der Waals surface area (Å²) in [6.45, 7) is 8.38. The molecule has 0 aromatic heterocycles. The molecule has 0 aliphatic carbocycles. The molecule has 0 fully saturated rings. The van der Waals surface area contributed by atoms with Gasteiger partial charge in [0.2, 0.25) is 0 Å². The molecule has 0 saturated carbocycles. The molecule has 0 aromatic carbocycles. The van der Waals surface area contributed by atoms with Gasteiger partial charge in [-0.15, -0.1) is 0 Å². The van der Waals surface area contributed by atoms with E-state index in [2.05, 4.69) is 4.18 Å². The van der Waals surface area contributed by atoms with E-state index in [0.29, 0.717) is 0 Å². The lowest BCUT2D eigenvalue weighted by molar-refractivity contribution is -0.201. The number of halogens is 3. The summed E-state index contributed by atoms with van der Waals surface area (Å²) >= 11 is 0. The Morgan fingerprint density at radius 1 is 1.15 bits per heavy atom. The lowest BCUT2D eigenvalue weighted by atomic mass is 10.2. The zero-order valence-electron chi connectivity index (χ0n) is 12.7. The van der Waals surface area contributed by atoms with Gasteiger partial charge in [0.05, 0.1) is 12.9 Å². The lowest BCUT2D eigenvalue weighted by Gasteiger charge is -2.39. The summed E-state index contributed by atoms with van der Waals surface area (Å²) in [6, 6.07) is 0. The van der Waals surface area contributed by atoms with E-state index in [0.717, 1.165) is 6.26 Å². The third kappa shape index (κ3) is 7.05. The second kappa shape index (κ2) is 6.33. The molecule has 20 heavy (non-hydrogen) atoms. The Bertz CT molecular complexity index is 412. The fraction of sp³-hybridized carbons (Fsp3) is 1.00. The molecule has 0 amide bonds. The zero-order valence-corrected chi connectivity index (χ0v) is 14.5. The van der Waals surface area contributed by atoms with Crippen molar-refractivity contribution in [3.8, 4) is 0 Å². The quantitative estimate of drug-likeness (QED) is 0.552. The molecular weight excluding hydrogens is 313 g/mol. The summed E-state index contributed by atoms with van der Waals surface area (Å²) in [5, 5.41) is -0.367. The third-order valence-corrected chi connectivity index (χ3v) is 8.37. The first-order chi connectivity index (χ1) is 8.56. The van der Waals surface area contributed by atoms with E-state index in [9.17, 15) is 21.6 Å². The van der Waals surface area contributed by atoms with Crippen LogP contribution in [0.5, 0.6) is 0 Å². The van der Waals surface area contributed by atoms with Crippen molar-refractivity contribution in [1.82, 2.24) is 0 Å². The Labute approximate surface area is 119 Å². The van der Waals surface area contributed by atoms with Gasteiger partial charge >= 0.3 is 6.18 Å². The highest BCUT2D eigenvalue weighted by Crippen LogP contribution is 2.40. The van der Waals surface area contributed by atoms with Crippen molar-refractivity contribution in [2.45, 2.75) is 57.6 Å². The van der Waals surface area contributed by atoms with Crippen LogP contribution in [0.1, 0.15) is 27.2 Å². The van der Waals surface area contributed by atoms with Gasteiger partial charge in [-0.3, -0.25) is 4.18 Å². The maximum atomic E-state index is 13.0. The van der Waals surface area contributed by atoms with Crippen molar-refractivity contribution in [3.63, 3.8) is 0 Å². The Balaban J connectivity index is 4.85. The summed E-state index contributed by atoms with van der Waals surface area (Å²) in [7, 11) is -6.35. The smallest absolute Gasteiger partial charge is 0.405 e. The normalized spacial score (nSPS) is 16.2. The van der Waals surface area contributed by atoms with Crippen LogP contribution in [0.25, 0.3) is 0 Å². The van der Waals surface area contributed by atoms with Crippen molar-refractivity contribution >= 4 is 18.4 Å². The van der Waals surface area contributed by atoms with Crippen LogP contribution < -0.4 is 0 Å². The second-order valence-corrected chi connectivity index (χ2v) is 12.6. The summed E-state index contributed by atoms with van der Waals surface area (Å²) in [6.07, 6.45) is -6.30. The molecule has 122 valence electrons. The van der Waals surface area contributed by atoms with Crippen molar-refractivity contribution < 1.29 is 30.2 Å². The standard InChI is InChI=1S/C11H23F3O4SSi/c1-10(2,3)20(5,6)18-9(11(12,13)14)7-8-17-19(4,15)16/h9H,7-8H2,1-6H3. The molecule has 4 nitrogen and oxygen atoms in total. The zero-order chi connectivity index (χ0) is 16.4. The number of hydrogen-bond acceptors (Lipinski definition) is 4. The average molecular weight is 336 g/mol. The Kier molecular flexibility index (Phi) is 6.29. The minimum atomic E-state index is -4.55. The van der Waals surface area contributed by atoms with Crippen LogP contribution in [0.4, 0.5) is 13.2 Å². The van der Waals surface area contributed by atoms with Gasteiger partial charge < -0.3 is 4.43 Å². The van der Waals surface area contributed by atoms with Gasteiger partial charge in [-0.2, -0.15) is 21.6 Å². The lowest BCUT2D eigenvalue weighted by Crippen LogP contribution is -2.48. The molecule has 9 heteroatoms. The fourth-order valence-corrected chi connectivity index (χ4v) is 2.84. The molecule has 0 aromatic rings. The summed E-state index contributed by atoms with van der Waals surface area (Å²) in [5.41, 5.74) is 0. The molecule has 0 aliphatic rings. The summed E-state index contributed by atoms with van der Waals surface area (Å²) in [5.74, 6) is 0. The van der Waals surface area contributed by atoms with E-state index >= 15 is 0 Å². The van der Waals surface area contributed by atoms with E-state index in [4.69, 9.17) is 4.43 Å². The first-order valence-corrected chi connectivity index (χ1v) is 10.9. The second-order valence-electron chi connectivity index (χ2n) is 6.22. The number of alkyl halides is 3. The van der Waals surface area contributed by atoms with Gasteiger partial charge in [0.15, 0.2) is 8.32 Å². The summed E-state index contributed by atoms with van der Waals surface area (Å²) < 4.78 is 70.1. The van der Waals surface area contributed by atoms with Gasteiger partial charge in [0.1, 0.15) is 6.10 Å². The van der Waals surface area contributed by atoms with Crippen LogP contribution in [0.2, 0.25) is 18.1 Å². The minimum absolute atomic E-state index is 0.367. The van der Waals surface area contributed by atoms with E-state index < -0.39 is 43.7 Å². The molecule has 0 bridgehead atoms. The van der Waals surface area contributed by atoms with Crippen LogP contribution in [0, 0.1) is 0 Å². The number of rotatable bonds is 6. The Morgan fingerprint density at radius 3 is 1.90 bits per heavy atom. The van der Waals surface area contributed by atoms with Crippen LogP contribution >= 0.6 is 0 Å². The third-order valence-electron chi connectivity index (χ3n) is 3.29. The fourth-order valence-electron chi connectivity index (χ4n) is 1.13. The number of hydrogen-bond donors (Lipinski definition) is 0. The SMILES string of the molecule is CC(C)(C)[Si](C)(C)OC(CCOS(C)(=O)=O)C(F)(F)F. The van der Waals surface area contributed by atoms with Gasteiger partial charge in [-0.05, 0) is 18.1 Å². The van der Waals surface area contributed by atoms with Crippen LogP contribution in [-0.2, 0) is 18.7 Å². The van der Waals surface area contributed by atoms with E-state index in [1.807, 2.05) is 20.8 Å². The van der Waals surface area contributed by atoms with Crippen LogP contribution in [0.3, 0.4) is 0 Å². The molecule has 1 atom stereocenters. The summed E-state index contributed by atoms with van der Waals surface area (Å²) in [4.78, 5) is 0. The van der Waals surface area contributed by atoms with Crippen molar-refractivity contribution in [2.24, 2.45) is 0 Å². The van der Waals surface area contributed by atoms with E-state index in [-0.39, 0.29) is 5.04 Å². The van der Waals surface area contributed by atoms with E-state index in [1.54, 1.807) is 13.1 Å². The highest BCUT2D eigenvalue weighted by atomic mass is 32.2. The molecule has 0 N–H and O–H groups in total. The largest absolute Gasteiger partial charge is 0.413 e. The molecule has 0 radical (unpaired) electrons. The van der Waals surface area contributed by atoms with Crippen LogP contribution in [0.15, 0.2) is 0 Å². The first kappa shape index (κ1) is 19.9. The first-order valence-electron chi connectivity index (χ1n) is 6.15. The van der Waals surface area contributed by atoms with Gasteiger partial charge in [-0.1, -0.05) is 20.8 Å². The molecule has 1 unspecified atom stereocenters. The van der Waals surface area contributed by atoms with Gasteiger partial charge in [0, 0.05) is 6.42 Å². The molecule has 0 heterocycles. The van der Waals surface area contributed by atoms with Gasteiger partial charge in [-0.25, -0.2) is 0 Å². The highest BCUT2D eigenvalue weighted by molar-refractivity contribution is 7.85. The molecule has 0 aliphatic heterocycles. The maximum Gasteiger partial charge on any atom is 0.413 e. The van der Waals surface area contributed by atoms with Crippen molar-refractivity contribution in [3.05, 3.63) is 0 Å². The minimum Gasteiger partial charge on any atom is -0.405 e. The molecule has 0 saturated heterocycles. The highest BCUT2D eigenvalue weighted by Gasteiger charge is 2.47. The van der Waals surface area contributed by atoms with Gasteiger partial charge in [0.25, 0.3) is 10.1 Å². The predicted octanol–water partition coefficient (Wildman–Crippen LogP) is 3.31. The molecule has 0 rings (SSSR count). The Morgan fingerprint density at radius 2 is 1.60 bits per heavy atom. The van der Waals surface area contributed by atoms with Crippen LogP contribution in [-0.4, -0.2) is 41.9 Å². The average Bonchev–Trinajstić information content (AvgIpc) is 2.10. The van der Waals surface area contributed by atoms with E-state index in [1.165, 1.54) is 0 Å². The molecular formula is C11H23F3O4SSi. The predicted molar refractivity (Wildman–Crippen MR) is 73.5 cm³/mol. The van der Waals surface area contributed by atoms with Crippen molar-refractivity contribution in [2.75, 3.05) is 12.9 Å². The molecule has 0 spiro atoms. The topological polar surface area (TPSA) is 52.6 Å². The van der Waals surface area contributed by atoms with Crippen molar-refractivity contribution in [1.29, 1.82) is 0 Å². The maximum absolute atomic E-state index is 13.0. The Hall–Kier alpha value is -0.123.